The molecule has 36 heavy (non-hydrogen) atoms. The number of hydroxylamine groups is 1. The molecule has 0 saturated heterocycles. The number of carbonyl (C=O) groups is 1. The number of pyridine rings is 1. The third-order valence-corrected chi connectivity index (χ3v) is 8.25. The number of hydrogen-bond acceptors (Lipinski definition) is 10. The van der Waals surface area contributed by atoms with Gasteiger partial charge in [-0.05, 0) is 42.0 Å². The Labute approximate surface area is 210 Å². The van der Waals surface area contributed by atoms with Crippen LogP contribution < -0.4 is 25.9 Å². The lowest BCUT2D eigenvalue weighted by atomic mass is 10.0. The van der Waals surface area contributed by atoms with Crippen molar-refractivity contribution < 1.29 is 27.5 Å². The van der Waals surface area contributed by atoms with Crippen LogP contribution >= 0.6 is 11.3 Å². The normalized spacial score (nSPS) is 14.2. The van der Waals surface area contributed by atoms with Crippen LogP contribution in [0, 0.1) is 5.82 Å². The summed E-state index contributed by atoms with van der Waals surface area (Å²) in [6.07, 6.45) is 3.15. The Morgan fingerprint density at radius 2 is 2.11 bits per heavy atom. The smallest absolute Gasteiger partial charge is 0.268 e. The predicted molar refractivity (Wildman–Crippen MR) is 129 cm³/mol. The Balaban J connectivity index is 1.43. The van der Waals surface area contributed by atoms with Gasteiger partial charge in [-0.2, -0.15) is 0 Å². The van der Waals surface area contributed by atoms with Gasteiger partial charge in [0.1, 0.15) is 10.3 Å². The van der Waals surface area contributed by atoms with E-state index in [0.717, 1.165) is 16.2 Å². The van der Waals surface area contributed by atoms with E-state index in [2.05, 4.69) is 20.7 Å². The zero-order chi connectivity index (χ0) is 25.7. The summed E-state index contributed by atoms with van der Waals surface area (Å²) < 4.78 is 47.2. The number of rotatable bonds is 10. The van der Waals surface area contributed by atoms with Gasteiger partial charge in [-0.25, -0.2) is 23.0 Å². The average molecular weight is 535 g/mol. The van der Waals surface area contributed by atoms with Gasteiger partial charge in [-0.3, -0.25) is 20.0 Å². The lowest BCUT2D eigenvalue weighted by Gasteiger charge is -2.25. The summed E-state index contributed by atoms with van der Waals surface area (Å²) in [4.78, 5) is 17.3. The summed E-state index contributed by atoms with van der Waals surface area (Å²) in [5, 5.41) is 10.5. The Morgan fingerprint density at radius 1 is 1.28 bits per heavy atom. The summed E-state index contributed by atoms with van der Waals surface area (Å²) in [5.74, 6) is -1.27. The van der Waals surface area contributed by atoms with Crippen molar-refractivity contribution in [2.75, 3.05) is 13.7 Å². The second-order valence-electron chi connectivity index (χ2n) is 7.62. The van der Waals surface area contributed by atoms with Crippen molar-refractivity contribution in [1.29, 1.82) is 0 Å². The average Bonchev–Trinajstić information content (AvgIpc) is 3.57. The van der Waals surface area contributed by atoms with Gasteiger partial charge >= 0.3 is 0 Å². The predicted octanol–water partition coefficient (Wildman–Crippen LogP) is 1.52. The zero-order valence-electron chi connectivity index (χ0n) is 18.9. The van der Waals surface area contributed by atoms with Crippen LogP contribution in [0.2, 0.25) is 0 Å². The molecule has 14 heteroatoms. The summed E-state index contributed by atoms with van der Waals surface area (Å²) >= 11 is 1.09. The van der Waals surface area contributed by atoms with Crippen LogP contribution in [0.1, 0.15) is 5.56 Å². The molecule has 1 amide bonds. The van der Waals surface area contributed by atoms with Crippen LogP contribution in [0.3, 0.4) is 0 Å². The molecule has 3 aromatic rings. The second kappa shape index (κ2) is 11.0. The van der Waals surface area contributed by atoms with Gasteiger partial charge < -0.3 is 10.2 Å². The molecule has 0 fully saturated rings. The number of carbonyl (C=O) groups excluding carboxylic acids is 1. The highest BCUT2D eigenvalue weighted by atomic mass is 32.2. The molecule has 0 aliphatic carbocycles. The molecule has 1 aliphatic heterocycles. The molecule has 3 heterocycles. The van der Waals surface area contributed by atoms with E-state index in [9.17, 15) is 22.8 Å². The monoisotopic (exact) mass is 534 g/mol. The van der Waals surface area contributed by atoms with Gasteiger partial charge in [-0.15, -0.1) is 16.9 Å². The topological polar surface area (TPSA) is 145 Å². The first-order chi connectivity index (χ1) is 17.3. The van der Waals surface area contributed by atoms with E-state index in [1.807, 2.05) is 6.07 Å². The quantitative estimate of drug-likeness (QED) is 0.193. The molecule has 4 rings (SSSR count). The Morgan fingerprint density at radius 3 is 2.81 bits per heavy atom. The number of benzene rings is 1. The molecular formula is C22H23FN6O5S2. The number of methoxy groups -OCH3 is 1. The minimum absolute atomic E-state index is 0.0307. The van der Waals surface area contributed by atoms with E-state index >= 15 is 0 Å². The molecule has 0 radical (unpaired) electrons. The summed E-state index contributed by atoms with van der Waals surface area (Å²) in [6.45, 7) is -0.104. The van der Waals surface area contributed by atoms with E-state index in [-0.39, 0.29) is 22.9 Å². The number of aromatic nitrogens is 1. The Kier molecular flexibility index (Phi) is 7.81. The number of nitrogens with zero attached hydrogens (tertiary/aromatic N) is 2. The van der Waals surface area contributed by atoms with E-state index in [1.54, 1.807) is 35.9 Å². The standard InChI is InChI=1S/C22H23FN6O5S2/c1-34-19-6-5-14(10-16(19)23)11-18(22(30)27-31)29-13-15(26-28-29)12-25-36(32,33)21-8-7-20(35-21)17-4-2-3-9-24-17/h2-10,13,18,25-26,28,31H,11-12H2,1H3,(H,27,30)/t18-/m0/s1. The van der Waals surface area contributed by atoms with Crippen molar-refractivity contribution in [2.45, 2.75) is 16.7 Å². The lowest BCUT2D eigenvalue weighted by Crippen LogP contribution is -2.51. The number of thiophene rings is 1. The van der Waals surface area contributed by atoms with Crippen molar-refractivity contribution in [3.8, 4) is 16.3 Å². The van der Waals surface area contributed by atoms with Crippen LogP contribution in [0.25, 0.3) is 10.6 Å². The highest BCUT2D eigenvalue weighted by Gasteiger charge is 2.28. The van der Waals surface area contributed by atoms with Gasteiger partial charge in [0.05, 0.1) is 29.9 Å². The molecule has 2 aromatic heterocycles. The fourth-order valence-electron chi connectivity index (χ4n) is 3.43. The second-order valence-corrected chi connectivity index (χ2v) is 10.7. The van der Waals surface area contributed by atoms with E-state index in [4.69, 9.17) is 4.74 Å². The van der Waals surface area contributed by atoms with Crippen LogP contribution in [0.4, 0.5) is 4.39 Å². The van der Waals surface area contributed by atoms with Crippen molar-refractivity contribution in [2.24, 2.45) is 0 Å². The number of nitrogens with one attached hydrogen (secondary N) is 4. The zero-order valence-corrected chi connectivity index (χ0v) is 20.6. The van der Waals surface area contributed by atoms with Crippen molar-refractivity contribution >= 4 is 27.3 Å². The number of halogens is 1. The van der Waals surface area contributed by atoms with Crippen LogP contribution in [-0.4, -0.2) is 49.2 Å². The van der Waals surface area contributed by atoms with Crippen molar-refractivity contribution in [3.05, 3.63) is 78.0 Å². The molecule has 190 valence electrons. The summed E-state index contributed by atoms with van der Waals surface area (Å²) in [6, 6.07) is 11.9. The number of hydrogen-bond donors (Lipinski definition) is 5. The number of amides is 1. The van der Waals surface area contributed by atoms with Crippen LogP contribution in [-0.2, 0) is 21.2 Å². The minimum atomic E-state index is -3.81. The Hall–Kier alpha value is -3.56. The molecule has 0 unspecified atom stereocenters. The van der Waals surface area contributed by atoms with Gasteiger partial charge in [0.15, 0.2) is 11.6 Å². The molecule has 0 spiro atoms. The SMILES string of the molecule is COc1ccc(C[C@@H](C(=O)NO)N2C=C(CNS(=O)(=O)c3ccc(-c4ccccn4)s3)NN2)cc1F. The fraction of sp³-hybridized carbons (Fsp3) is 0.182. The highest BCUT2D eigenvalue weighted by molar-refractivity contribution is 7.91. The lowest BCUT2D eigenvalue weighted by molar-refractivity contribution is -0.134. The third kappa shape index (κ3) is 5.80. The molecular weight excluding hydrogens is 511 g/mol. The molecule has 0 bridgehead atoms. The number of hydrazine groups is 2. The third-order valence-electron chi connectivity index (χ3n) is 5.25. The number of ether oxygens (including phenoxy) is 1. The van der Waals surface area contributed by atoms with E-state index in [1.165, 1.54) is 36.5 Å². The summed E-state index contributed by atoms with van der Waals surface area (Å²) in [5.41, 5.74) is 8.69. The van der Waals surface area contributed by atoms with Crippen molar-refractivity contribution in [1.82, 2.24) is 31.2 Å². The molecule has 11 nitrogen and oxygen atoms in total. The molecule has 1 aliphatic rings. The molecule has 0 saturated carbocycles. The van der Waals surface area contributed by atoms with E-state index < -0.39 is 27.8 Å². The largest absolute Gasteiger partial charge is 0.494 e. The maximum absolute atomic E-state index is 14.1. The maximum atomic E-state index is 14.1. The molecule has 5 N–H and O–H groups in total. The van der Waals surface area contributed by atoms with Crippen molar-refractivity contribution in [3.63, 3.8) is 0 Å². The van der Waals surface area contributed by atoms with Gasteiger partial charge in [0.2, 0.25) is 10.0 Å². The number of sulfonamides is 1. The van der Waals surface area contributed by atoms with Gasteiger partial charge in [-0.1, -0.05) is 12.1 Å². The maximum Gasteiger partial charge on any atom is 0.268 e. The first-order valence-corrected chi connectivity index (χ1v) is 12.9. The van der Waals surface area contributed by atoms with Gasteiger partial charge in [0.25, 0.3) is 5.91 Å². The molecule has 1 aromatic carbocycles. The van der Waals surface area contributed by atoms with Crippen LogP contribution in [0.15, 0.2) is 70.8 Å². The van der Waals surface area contributed by atoms with E-state index in [0.29, 0.717) is 17.0 Å². The minimum Gasteiger partial charge on any atom is -0.494 e. The fourth-order valence-corrected chi connectivity index (χ4v) is 5.77. The Bertz CT molecular complexity index is 1370. The first-order valence-electron chi connectivity index (χ1n) is 10.6. The first kappa shape index (κ1) is 25.5. The highest BCUT2D eigenvalue weighted by Crippen LogP contribution is 2.29. The molecule has 1 atom stereocenters. The van der Waals surface area contributed by atoms with Gasteiger partial charge in [0, 0.05) is 18.8 Å². The van der Waals surface area contributed by atoms with Crippen LogP contribution in [0.5, 0.6) is 5.75 Å². The summed E-state index contributed by atoms with van der Waals surface area (Å²) in [7, 11) is -2.47.